The van der Waals surface area contributed by atoms with Crippen LogP contribution in [-0.2, 0) is 4.79 Å². The molecule has 1 amide bonds. The lowest BCUT2D eigenvalue weighted by Crippen LogP contribution is -2.07. The van der Waals surface area contributed by atoms with Crippen LogP contribution in [0.3, 0.4) is 0 Å². The van der Waals surface area contributed by atoms with Gasteiger partial charge in [-0.2, -0.15) is 0 Å². The fourth-order valence-electron chi connectivity index (χ4n) is 1.99. The normalized spacial score (nSPS) is 10.7. The number of phenolic OH excluding ortho intramolecular Hbond substituents is 1. The third-order valence-electron chi connectivity index (χ3n) is 3.19. The second kappa shape index (κ2) is 8.03. The molecule has 0 aliphatic rings. The molecular formula is C19H21NO3. The molecule has 2 aromatic rings. The molecule has 0 radical (unpaired) electrons. The average molecular weight is 311 g/mol. The van der Waals surface area contributed by atoms with Crippen molar-refractivity contribution in [2.75, 3.05) is 11.9 Å². The minimum atomic E-state index is -0.296. The number of hydrogen-bond donors (Lipinski definition) is 2. The number of benzene rings is 2. The van der Waals surface area contributed by atoms with E-state index in [0.717, 1.165) is 23.3 Å². The number of amides is 1. The third-order valence-corrected chi connectivity index (χ3v) is 3.19. The molecule has 0 aliphatic heterocycles. The summed E-state index contributed by atoms with van der Waals surface area (Å²) in [6, 6.07) is 12.6. The zero-order valence-electron chi connectivity index (χ0n) is 13.4. The summed E-state index contributed by atoms with van der Waals surface area (Å²) < 4.78 is 5.51. The van der Waals surface area contributed by atoms with E-state index in [0.29, 0.717) is 12.3 Å². The number of carbonyl (C=O) groups excluding carboxylic acids is 1. The Labute approximate surface area is 136 Å². The summed E-state index contributed by atoms with van der Waals surface area (Å²) in [4.78, 5) is 11.9. The second-order valence-corrected chi connectivity index (χ2v) is 5.26. The topological polar surface area (TPSA) is 58.6 Å². The first-order valence-corrected chi connectivity index (χ1v) is 7.60. The number of carbonyl (C=O) groups is 1. The van der Waals surface area contributed by atoms with Crippen LogP contribution in [0, 0.1) is 6.92 Å². The molecule has 2 aromatic carbocycles. The first-order valence-electron chi connectivity index (χ1n) is 7.60. The SMILES string of the molecule is CCCOc1ccc(/C=C/C(=O)Nc2ccc(C)cc2O)cc1. The molecule has 0 spiro atoms. The number of anilines is 1. The van der Waals surface area contributed by atoms with Crippen molar-refractivity contribution in [1.29, 1.82) is 0 Å². The minimum Gasteiger partial charge on any atom is -0.506 e. The average Bonchev–Trinajstić information content (AvgIpc) is 2.54. The van der Waals surface area contributed by atoms with Gasteiger partial charge in [-0.15, -0.1) is 0 Å². The van der Waals surface area contributed by atoms with Crippen LogP contribution < -0.4 is 10.1 Å². The Balaban J connectivity index is 1.95. The quantitative estimate of drug-likeness (QED) is 0.622. The highest BCUT2D eigenvalue weighted by Gasteiger charge is 2.03. The predicted molar refractivity (Wildman–Crippen MR) is 92.7 cm³/mol. The lowest BCUT2D eigenvalue weighted by molar-refractivity contribution is -0.111. The van der Waals surface area contributed by atoms with Crippen molar-refractivity contribution < 1.29 is 14.6 Å². The molecular weight excluding hydrogens is 290 g/mol. The summed E-state index contributed by atoms with van der Waals surface area (Å²) in [6.45, 7) is 4.62. The summed E-state index contributed by atoms with van der Waals surface area (Å²) in [5.74, 6) is 0.581. The zero-order chi connectivity index (χ0) is 16.7. The van der Waals surface area contributed by atoms with Crippen LogP contribution in [0.15, 0.2) is 48.5 Å². The van der Waals surface area contributed by atoms with Gasteiger partial charge in [0.05, 0.1) is 12.3 Å². The lowest BCUT2D eigenvalue weighted by Gasteiger charge is -2.06. The molecule has 0 fully saturated rings. The molecule has 2 rings (SSSR count). The molecule has 0 atom stereocenters. The zero-order valence-corrected chi connectivity index (χ0v) is 13.4. The van der Waals surface area contributed by atoms with Gasteiger partial charge in [0.25, 0.3) is 0 Å². The molecule has 0 heterocycles. The summed E-state index contributed by atoms with van der Waals surface area (Å²) in [5, 5.41) is 12.4. The molecule has 0 saturated carbocycles. The highest BCUT2D eigenvalue weighted by Crippen LogP contribution is 2.23. The van der Waals surface area contributed by atoms with E-state index in [1.54, 1.807) is 18.2 Å². The van der Waals surface area contributed by atoms with Crippen LogP contribution in [0.4, 0.5) is 5.69 Å². The van der Waals surface area contributed by atoms with E-state index in [4.69, 9.17) is 4.74 Å². The Morgan fingerprint density at radius 1 is 1.22 bits per heavy atom. The van der Waals surface area contributed by atoms with E-state index in [9.17, 15) is 9.90 Å². The van der Waals surface area contributed by atoms with Crippen LogP contribution in [0.1, 0.15) is 24.5 Å². The Hall–Kier alpha value is -2.75. The van der Waals surface area contributed by atoms with Gasteiger partial charge in [0.15, 0.2) is 0 Å². The molecule has 0 aromatic heterocycles. The minimum absolute atomic E-state index is 0.0594. The maximum Gasteiger partial charge on any atom is 0.248 e. The van der Waals surface area contributed by atoms with E-state index in [1.807, 2.05) is 37.3 Å². The highest BCUT2D eigenvalue weighted by molar-refractivity contribution is 6.02. The standard InChI is InChI=1S/C19H21NO3/c1-3-12-23-16-8-5-15(6-9-16)7-11-19(22)20-17-10-4-14(2)13-18(17)21/h4-11,13,21H,3,12H2,1-2H3,(H,20,22)/b11-7+. The van der Waals surface area contributed by atoms with Crippen molar-refractivity contribution in [3.8, 4) is 11.5 Å². The van der Waals surface area contributed by atoms with Crippen molar-refractivity contribution in [1.82, 2.24) is 0 Å². The first-order chi connectivity index (χ1) is 11.1. The molecule has 120 valence electrons. The Morgan fingerprint density at radius 3 is 2.61 bits per heavy atom. The number of phenols is 1. The maximum absolute atomic E-state index is 11.9. The number of ether oxygens (including phenoxy) is 1. The Morgan fingerprint density at radius 2 is 1.96 bits per heavy atom. The van der Waals surface area contributed by atoms with E-state index < -0.39 is 0 Å². The molecule has 0 bridgehead atoms. The van der Waals surface area contributed by atoms with Crippen molar-refractivity contribution in [2.24, 2.45) is 0 Å². The van der Waals surface area contributed by atoms with E-state index >= 15 is 0 Å². The number of nitrogens with one attached hydrogen (secondary N) is 1. The maximum atomic E-state index is 11.9. The number of aromatic hydroxyl groups is 1. The van der Waals surface area contributed by atoms with E-state index in [1.165, 1.54) is 6.08 Å². The number of rotatable bonds is 6. The largest absolute Gasteiger partial charge is 0.506 e. The molecule has 23 heavy (non-hydrogen) atoms. The van der Waals surface area contributed by atoms with Gasteiger partial charge in [-0.3, -0.25) is 4.79 Å². The monoisotopic (exact) mass is 311 g/mol. The smallest absolute Gasteiger partial charge is 0.248 e. The summed E-state index contributed by atoms with van der Waals surface area (Å²) in [6.07, 6.45) is 4.11. The summed E-state index contributed by atoms with van der Waals surface area (Å²) in [5.41, 5.74) is 2.23. The van der Waals surface area contributed by atoms with Gasteiger partial charge < -0.3 is 15.2 Å². The molecule has 0 aliphatic carbocycles. The Kier molecular flexibility index (Phi) is 5.80. The van der Waals surface area contributed by atoms with Crippen molar-refractivity contribution in [3.63, 3.8) is 0 Å². The van der Waals surface area contributed by atoms with Gasteiger partial charge in [0.2, 0.25) is 5.91 Å². The highest BCUT2D eigenvalue weighted by atomic mass is 16.5. The van der Waals surface area contributed by atoms with Gasteiger partial charge in [-0.1, -0.05) is 25.1 Å². The number of hydrogen-bond acceptors (Lipinski definition) is 3. The fraction of sp³-hybridized carbons (Fsp3) is 0.211. The summed E-state index contributed by atoms with van der Waals surface area (Å²) in [7, 11) is 0. The Bertz CT molecular complexity index is 690. The van der Waals surface area contributed by atoms with Crippen molar-refractivity contribution in [3.05, 3.63) is 59.7 Å². The van der Waals surface area contributed by atoms with Crippen LogP contribution in [-0.4, -0.2) is 17.6 Å². The molecule has 2 N–H and O–H groups in total. The fourth-order valence-corrected chi connectivity index (χ4v) is 1.99. The predicted octanol–water partition coefficient (Wildman–Crippen LogP) is 4.14. The molecule has 0 saturated heterocycles. The van der Waals surface area contributed by atoms with Gasteiger partial charge in [-0.05, 0) is 54.8 Å². The van der Waals surface area contributed by atoms with Crippen LogP contribution in [0.2, 0.25) is 0 Å². The first kappa shape index (κ1) is 16.6. The van der Waals surface area contributed by atoms with Crippen molar-refractivity contribution in [2.45, 2.75) is 20.3 Å². The second-order valence-electron chi connectivity index (χ2n) is 5.26. The van der Waals surface area contributed by atoms with Crippen LogP contribution in [0.25, 0.3) is 6.08 Å². The van der Waals surface area contributed by atoms with Gasteiger partial charge >= 0.3 is 0 Å². The van der Waals surface area contributed by atoms with Gasteiger partial charge in [-0.25, -0.2) is 0 Å². The third kappa shape index (κ3) is 5.18. The van der Waals surface area contributed by atoms with Gasteiger partial charge in [0.1, 0.15) is 11.5 Å². The summed E-state index contributed by atoms with van der Waals surface area (Å²) >= 11 is 0. The lowest BCUT2D eigenvalue weighted by atomic mass is 10.2. The molecule has 0 unspecified atom stereocenters. The molecule has 4 heteroatoms. The van der Waals surface area contributed by atoms with Gasteiger partial charge in [0, 0.05) is 6.08 Å². The van der Waals surface area contributed by atoms with E-state index in [-0.39, 0.29) is 11.7 Å². The van der Waals surface area contributed by atoms with Crippen LogP contribution >= 0.6 is 0 Å². The van der Waals surface area contributed by atoms with Crippen LogP contribution in [0.5, 0.6) is 11.5 Å². The molecule has 4 nitrogen and oxygen atoms in total. The van der Waals surface area contributed by atoms with Crippen molar-refractivity contribution >= 4 is 17.7 Å². The van der Waals surface area contributed by atoms with E-state index in [2.05, 4.69) is 12.2 Å². The number of aryl methyl sites for hydroxylation is 1.